The van der Waals surface area contributed by atoms with Crippen molar-refractivity contribution in [2.45, 2.75) is 25.2 Å². The molecule has 0 aliphatic heterocycles. The maximum atomic E-state index is 12.3. The van der Waals surface area contributed by atoms with Crippen molar-refractivity contribution in [1.82, 2.24) is 20.0 Å². The number of sulfonamides is 1. The van der Waals surface area contributed by atoms with Crippen LogP contribution in [0.3, 0.4) is 0 Å². The maximum Gasteiger partial charge on any atom is 0.245 e. The molecule has 0 unspecified atom stereocenters. The van der Waals surface area contributed by atoms with Gasteiger partial charge in [-0.15, -0.1) is 0 Å². The molecule has 3 aromatic rings. The minimum absolute atomic E-state index is 0.0676. The van der Waals surface area contributed by atoms with E-state index in [-0.39, 0.29) is 23.6 Å². The van der Waals surface area contributed by atoms with Gasteiger partial charge in [-0.3, -0.25) is 0 Å². The van der Waals surface area contributed by atoms with Crippen molar-refractivity contribution >= 4 is 10.0 Å². The van der Waals surface area contributed by atoms with Gasteiger partial charge in [0.2, 0.25) is 21.7 Å². The molecule has 1 N–H and O–H groups in total. The number of nitrogens with zero attached hydrogens (tertiary/aromatic N) is 3. The predicted molar refractivity (Wildman–Crippen MR) is 84.6 cm³/mol. The van der Waals surface area contributed by atoms with Crippen LogP contribution in [0, 0.1) is 13.8 Å². The zero-order valence-corrected chi connectivity index (χ0v) is 14.0. The van der Waals surface area contributed by atoms with E-state index in [1.54, 1.807) is 13.8 Å². The lowest BCUT2D eigenvalue weighted by molar-refractivity contribution is 0.379. The Hall–Kier alpha value is -2.52. The molecule has 2 heterocycles. The molecule has 126 valence electrons. The molecule has 0 aliphatic rings. The first kappa shape index (κ1) is 16.3. The molecule has 0 spiro atoms. The molecule has 0 saturated heterocycles. The second kappa shape index (κ2) is 6.54. The van der Waals surface area contributed by atoms with E-state index in [0.717, 1.165) is 5.56 Å². The fourth-order valence-corrected chi connectivity index (χ4v) is 3.64. The van der Waals surface area contributed by atoms with Gasteiger partial charge in [0.25, 0.3) is 0 Å². The van der Waals surface area contributed by atoms with E-state index < -0.39 is 10.0 Å². The molecular formula is C15H16N4O4S. The molecule has 8 nitrogen and oxygen atoms in total. The average molecular weight is 348 g/mol. The molecule has 1 aromatic carbocycles. The highest BCUT2D eigenvalue weighted by Gasteiger charge is 2.23. The van der Waals surface area contributed by atoms with Crippen LogP contribution in [-0.4, -0.2) is 30.3 Å². The van der Waals surface area contributed by atoms with Gasteiger partial charge in [0, 0.05) is 18.5 Å². The number of rotatable bonds is 6. The molecule has 0 fully saturated rings. The van der Waals surface area contributed by atoms with Crippen LogP contribution in [0.1, 0.15) is 17.3 Å². The van der Waals surface area contributed by atoms with Gasteiger partial charge in [-0.2, -0.15) is 4.98 Å². The Morgan fingerprint density at radius 1 is 1.08 bits per heavy atom. The first-order chi connectivity index (χ1) is 11.5. The second-order valence-corrected chi connectivity index (χ2v) is 6.88. The Morgan fingerprint density at radius 2 is 1.83 bits per heavy atom. The topological polar surface area (TPSA) is 111 Å². The van der Waals surface area contributed by atoms with Gasteiger partial charge in [0.05, 0.1) is 0 Å². The maximum absolute atomic E-state index is 12.3. The van der Waals surface area contributed by atoms with Crippen molar-refractivity contribution in [1.29, 1.82) is 0 Å². The van der Waals surface area contributed by atoms with Crippen LogP contribution in [0.2, 0.25) is 0 Å². The summed E-state index contributed by atoms with van der Waals surface area (Å²) in [6.45, 7) is 3.26. The monoisotopic (exact) mass is 348 g/mol. The van der Waals surface area contributed by atoms with Gasteiger partial charge in [-0.05, 0) is 13.8 Å². The summed E-state index contributed by atoms with van der Waals surface area (Å²) in [5.41, 5.74) is 1.16. The third-order valence-electron chi connectivity index (χ3n) is 3.37. The fourth-order valence-electron chi connectivity index (χ4n) is 2.28. The fraction of sp³-hybridized carbons (Fsp3) is 0.267. The van der Waals surface area contributed by atoms with Crippen LogP contribution >= 0.6 is 0 Å². The van der Waals surface area contributed by atoms with Crippen LogP contribution in [0.4, 0.5) is 0 Å². The van der Waals surface area contributed by atoms with E-state index >= 15 is 0 Å². The molecule has 24 heavy (non-hydrogen) atoms. The lowest BCUT2D eigenvalue weighted by Crippen LogP contribution is -2.26. The summed E-state index contributed by atoms with van der Waals surface area (Å²) in [7, 11) is -3.69. The average Bonchev–Trinajstić information content (AvgIpc) is 3.15. The summed E-state index contributed by atoms with van der Waals surface area (Å²) in [4.78, 5) is 4.32. The molecule has 0 bridgehead atoms. The largest absolute Gasteiger partial charge is 0.360 e. The zero-order chi connectivity index (χ0) is 17.2. The first-order valence-corrected chi connectivity index (χ1v) is 8.76. The number of hydrogen-bond acceptors (Lipinski definition) is 7. The van der Waals surface area contributed by atoms with Crippen LogP contribution in [0.25, 0.3) is 11.4 Å². The highest BCUT2D eigenvalue weighted by Crippen LogP contribution is 2.18. The third-order valence-corrected chi connectivity index (χ3v) is 5.07. The van der Waals surface area contributed by atoms with Crippen molar-refractivity contribution in [2.75, 3.05) is 6.54 Å². The number of aromatic nitrogens is 3. The van der Waals surface area contributed by atoms with E-state index in [4.69, 9.17) is 9.05 Å². The summed E-state index contributed by atoms with van der Waals surface area (Å²) in [6, 6.07) is 9.39. The molecule has 0 aliphatic carbocycles. The summed E-state index contributed by atoms with van der Waals surface area (Å²) in [6.07, 6.45) is 0.280. The summed E-state index contributed by atoms with van der Waals surface area (Å²) in [5, 5.41) is 7.54. The number of aryl methyl sites for hydroxylation is 2. The smallest absolute Gasteiger partial charge is 0.245 e. The Kier molecular flexibility index (Phi) is 4.45. The molecular weight excluding hydrogens is 332 g/mol. The van der Waals surface area contributed by atoms with E-state index in [9.17, 15) is 8.42 Å². The van der Waals surface area contributed by atoms with Crippen LogP contribution in [-0.2, 0) is 16.4 Å². The standard InChI is InChI=1S/C15H16N4O4S/c1-10-14(11(2)22-18-10)24(20,21)16-9-8-13-17-15(19-23-13)12-6-4-3-5-7-12/h3-7,16H,8-9H2,1-2H3. The van der Waals surface area contributed by atoms with Crippen molar-refractivity contribution in [2.24, 2.45) is 0 Å². The molecule has 0 amide bonds. The number of hydrogen-bond donors (Lipinski definition) is 1. The Bertz CT molecular complexity index is 912. The van der Waals surface area contributed by atoms with Gasteiger partial charge < -0.3 is 9.05 Å². The van der Waals surface area contributed by atoms with E-state index in [1.807, 2.05) is 30.3 Å². The van der Waals surface area contributed by atoms with Crippen molar-refractivity contribution in [3.8, 4) is 11.4 Å². The van der Waals surface area contributed by atoms with Gasteiger partial charge >= 0.3 is 0 Å². The minimum Gasteiger partial charge on any atom is -0.360 e. The first-order valence-electron chi connectivity index (χ1n) is 7.28. The second-order valence-electron chi connectivity index (χ2n) is 5.18. The van der Waals surface area contributed by atoms with E-state index in [1.165, 1.54) is 0 Å². The van der Waals surface area contributed by atoms with Crippen LogP contribution in [0.15, 0.2) is 44.3 Å². The molecule has 0 atom stereocenters. The third kappa shape index (κ3) is 3.36. The van der Waals surface area contributed by atoms with Gasteiger partial charge in [0.1, 0.15) is 10.6 Å². The number of nitrogens with one attached hydrogen (secondary N) is 1. The van der Waals surface area contributed by atoms with Crippen molar-refractivity contribution in [3.05, 3.63) is 47.7 Å². The zero-order valence-electron chi connectivity index (χ0n) is 13.2. The highest BCUT2D eigenvalue weighted by atomic mass is 32.2. The summed E-state index contributed by atoms with van der Waals surface area (Å²) < 4.78 is 37.1. The van der Waals surface area contributed by atoms with Gasteiger partial charge in [-0.1, -0.05) is 40.6 Å². The highest BCUT2D eigenvalue weighted by molar-refractivity contribution is 7.89. The Morgan fingerprint density at radius 3 is 2.50 bits per heavy atom. The minimum atomic E-state index is -3.69. The molecule has 0 radical (unpaired) electrons. The van der Waals surface area contributed by atoms with Crippen molar-refractivity contribution < 1.29 is 17.5 Å². The molecule has 0 saturated carbocycles. The molecule has 2 aromatic heterocycles. The van der Waals surface area contributed by atoms with Crippen molar-refractivity contribution in [3.63, 3.8) is 0 Å². The summed E-state index contributed by atoms with van der Waals surface area (Å²) >= 11 is 0. The SMILES string of the molecule is Cc1noc(C)c1S(=O)(=O)NCCc1nc(-c2ccccc2)no1. The molecule has 9 heteroatoms. The summed E-state index contributed by atoms with van der Waals surface area (Å²) in [5.74, 6) is 1.08. The number of benzene rings is 1. The normalized spacial score (nSPS) is 11.8. The molecule has 3 rings (SSSR count). The van der Waals surface area contributed by atoms with E-state index in [2.05, 4.69) is 20.0 Å². The quantitative estimate of drug-likeness (QED) is 0.723. The van der Waals surface area contributed by atoms with Crippen LogP contribution in [0.5, 0.6) is 0 Å². The lowest BCUT2D eigenvalue weighted by Gasteiger charge is -2.04. The lowest BCUT2D eigenvalue weighted by atomic mass is 10.2. The predicted octanol–water partition coefficient (Wildman–Crippen LogP) is 1.86. The van der Waals surface area contributed by atoms with E-state index in [0.29, 0.717) is 17.4 Å². The Balaban J connectivity index is 1.64. The van der Waals surface area contributed by atoms with Gasteiger partial charge in [-0.25, -0.2) is 13.1 Å². The Labute approximate surface area is 138 Å². The van der Waals surface area contributed by atoms with Crippen LogP contribution < -0.4 is 4.72 Å². The van der Waals surface area contributed by atoms with Gasteiger partial charge in [0.15, 0.2) is 5.76 Å².